The molecule has 4 aromatic rings. The van der Waals surface area contributed by atoms with Gasteiger partial charge >= 0.3 is 0 Å². The number of ketones is 1. The van der Waals surface area contributed by atoms with Crippen molar-refractivity contribution in [1.29, 1.82) is 0 Å². The lowest BCUT2D eigenvalue weighted by Crippen LogP contribution is -2.12. The number of aromatic amines is 1. The highest BCUT2D eigenvalue weighted by Gasteiger charge is 2.12. The molecular formula is C20H14N4O2. The molecule has 6 nitrogen and oxygen atoms in total. The lowest BCUT2D eigenvalue weighted by atomic mass is 10.0. The van der Waals surface area contributed by atoms with Gasteiger partial charge in [0.25, 0.3) is 5.91 Å². The van der Waals surface area contributed by atoms with Gasteiger partial charge in [0, 0.05) is 23.5 Å². The predicted molar refractivity (Wildman–Crippen MR) is 98.2 cm³/mol. The van der Waals surface area contributed by atoms with Gasteiger partial charge in [0.1, 0.15) is 0 Å². The fourth-order valence-electron chi connectivity index (χ4n) is 2.64. The molecule has 126 valence electrons. The van der Waals surface area contributed by atoms with E-state index >= 15 is 0 Å². The standard InChI is InChI=1S/C20H14N4O2/c25-18(13-5-2-1-3-6-13)14-8-9-16-17(11-14)23-20(22-16)24-19(26)15-7-4-10-21-12-15/h1-12H,(H2,22,23,24,26). The molecule has 1 amide bonds. The van der Waals surface area contributed by atoms with Crippen molar-refractivity contribution in [1.82, 2.24) is 15.0 Å². The highest BCUT2D eigenvalue weighted by atomic mass is 16.1. The number of nitrogens with zero attached hydrogens (tertiary/aromatic N) is 2. The number of carbonyl (C=O) groups excluding carboxylic acids is 2. The molecule has 0 aliphatic heterocycles. The Morgan fingerprint density at radius 3 is 2.46 bits per heavy atom. The van der Waals surface area contributed by atoms with Crippen molar-refractivity contribution in [2.45, 2.75) is 0 Å². The van der Waals surface area contributed by atoms with Gasteiger partial charge in [0.05, 0.1) is 16.6 Å². The third-order valence-corrected chi connectivity index (χ3v) is 3.94. The summed E-state index contributed by atoms with van der Waals surface area (Å²) in [5.41, 5.74) is 2.95. The van der Waals surface area contributed by atoms with Gasteiger partial charge in [-0.3, -0.25) is 19.9 Å². The Morgan fingerprint density at radius 1 is 0.885 bits per heavy atom. The van der Waals surface area contributed by atoms with Crippen molar-refractivity contribution >= 4 is 28.7 Å². The van der Waals surface area contributed by atoms with Gasteiger partial charge < -0.3 is 4.98 Å². The molecule has 0 aliphatic rings. The first-order valence-electron chi connectivity index (χ1n) is 8.01. The molecular weight excluding hydrogens is 328 g/mol. The molecule has 2 N–H and O–H groups in total. The number of amides is 1. The van der Waals surface area contributed by atoms with E-state index < -0.39 is 0 Å². The maximum atomic E-state index is 12.5. The van der Waals surface area contributed by atoms with Crippen molar-refractivity contribution in [2.24, 2.45) is 0 Å². The minimum Gasteiger partial charge on any atom is -0.324 e. The zero-order valence-corrected chi connectivity index (χ0v) is 13.6. The summed E-state index contributed by atoms with van der Waals surface area (Å²) in [6.07, 6.45) is 3.08. The van der Waals surface area contributed by atoms with Gasteiger partial charge in [-0.05, 0) is 30.3 Å². The van der Waals surface area contributed by atoms with Crippen LogP contribution in [0.5, 0.6) is 0 Å². The Bertz CT molecular complexity index is 1090. The van der Waals surface area contributed by atoms with E-state index in [0.29, 0.717) is 33.7 Å². The monoisotopic (exact) mass is 342 g/mol. The van der Waals surface area contributed by atoms with E-state index in [-0.39, 0.29) is 11.7 Å². The predicted octanol–water partition coefficient (Wildman–Crippen LogP) is 3.44. The Balaban J connectivity index is 1.60. The van der Waals surface area contributed by atoms with E-state index in [4.69, 9.17) is 0 Å². The number of hydrogen-bond donors (Lipinski definition) is 2. The number of H-pyrrole nitrogens is 1. The SMILES string of the molecule is O=C(Nc1nc2ccc(C(=O)c3ccccc3)cc2[nH]1)c1cccnc1. The zero-order chi connectivity index (χ0) is 17.9. The molecule has 0 fully saturated rings. The number of fused-ring (bicyclic) bond motifs is 1. The van der Waals surface area contributed by atoms with Gasteiger partial charge in [-0.15, -0.1) is 0 Å². The number of anilines is 1. The quantitative estimate of drug-likeness (QED) is 0.556. The highest BCUT2D eigenvalue weighted by molar-refractivity contribution is 6.10. The van der Waals surface area contributed by atoms with E-state index in [2.05, 4.69) is 20.3 Å². The van der Waals surface area contributed by atoms with Crippen LogP contribution in [0.2, 0.25) is 0 Å². The van der Waals surface area contributed by atoms with Gasteiger partial charge in [0.15, 0.2) is 5.78 Å². The smallest absolute Gasteiger partial charge is 0.259 e. The molecule has 2 aromatic heterocycles. The van der Waals surface area contributed by atoms with Crippen LogP contribution in [0.15, 0.2) is 73.1 Å². The third-order valence-electron chi connectivity index (χ3n) is 3.94. The Labute approximate surface area is 148 Å². The summed E-state index contributed by atoms with van der Waals surface area (Å²) in [6, 6.07) is 17.6. The number of benzene rings is 2. The van der Waals surface area contributed by atoms with Crippen molar-refractivity contribution in [3.05, 3.63) is 89.7 Å². The molecule has 0 spiro atoms. The molecule has 0 saturated carbocycles. The number of hydrogen-bond acceptors (Lipinski definition) is 4. The van der Waals surface area contributed by atoms with Crippen LogP contribution in [0.4, 0.5) is 5.95 Å². The maximum Gasteiger partial charge on any atom is 0.259 e. The average Bonchev–Trinajstić information content (AvgIpc) is 3.10. The Kier molecular flexibility index (Phi) is 3.99. The average molecular weight is 342 g/mol. The first kappa shape index (κ1) is 15.7. The van der Waals surface area contributed by atoms with E-state index in [0.717, 1.165) is 0 Å². The molecule has 2 heterocycles. The summed E-state index contributed by atoms with van der Waals surface area (Å²) >= 11 is 0. The van der Waals surface area contributed by atoms with Crippen LogP contribution in [-0.4, -0.2) is 26.6 Å². The number of rotatable bonds is 4. The number of aromatic nitrogens is 3. The molecule has 2 aromatic carbocycles. The topological polar surface area (TPSA) is 87.7 Å². The zero-order valence-electron chi connectivity index (χ0n) is 13.6. The van der Waals surface area contributed by atoms with Gasteiger partial charge in [-0.1, -0.05) is 30.3 Å². The van der Waals surface area contributed by atoms with Gasteiger partial charge in [0.2, 0.25) is 5.95 Å². The molecule has 0 saturated heterocycles. The molecule has 0 radical (unpaired) electrons. The maximum absolute atomic E-state index is 12.5. The summed E-state index contributed by atoms with van der Waals surface area (Å²) in [7, 11) is 0. The normalized spacial score (nSPS) is 10.6. The van der Waals surface area contributed by atoms with Crippen LogP contribution in [-0.2, 0) is 0 Å². The second-order valence-corrected chi connectivity index (χ2v) is 5.71. The van der Waals surface area contributed by atoms with Crippen molar-refractivity contribution in [3.8, 4) is 0 Å². The summed E-state index contributed by atoms with van der Waals surface area (Å²) < 4.78 is 0. The van der Waals surface area contributed by atoms with E-state index in [1.54, 1.807) is 48.7 Å². The fourth-order valence-corrected chi connectivity index (χ4v) is 2.64. The van der Waals surface area contributed by atoms with E-state index in [1.165, 1.54) is 6.20 Å². The molecule has 26 heavy (non-hydrogen) atoms. The van der Waals surface area contributed by atoms with Crippen LogP contribution >= 0.6 is 0 Å². The van der Waals surface area contributed by atoms with Gasteiger partial charge in [-0.25, -0.2) is 4.98 Å². The van der Waals surface area contributed by atoms with Crippen molar-refractivity contribution in [3.63, 3.8) is 0 Å². The van der Waals surface area contributed by atoms with E-state index in [1.807, 2.05) is 18.2 Å². The minimum atomic E-state index is -0.308. The number of carbonyl (C=O) groups is 2. The summed E-state index contributed by atoms with van der Waals surface area (Å²) in [4.78, 5) is 36.0. The highest BCUT2D eigenvalue weighted by Crippen LogP contribution is 2.19. The first-order chi connectivity index (χ1) is 12.7. The second-order valence-electron chi connectivity index (χ2n) is 5.71. The number of pyridine rings is 1. The molecule has 6 heteroatoms. The summed E-state index contributed by atoms with van der Waals surface area (Å²) in [5, 5.41) is 2.70. The lowest BCUT2D eigenvalue weighted by molar-refractivity contribution is 0.102. The molecule has 0 atom stereocenters. The van der Waals surface area contributed by atoms with E-state index in [9.17, 15) is 9.59 Å². The summed E-state index contributed by atoms with van der Waals surface area (Å²) in [5.74, 6) is -0.0565. The lowest BCUT2D eigenvalue weighted by Gasteiger charge is -2.01. The van der Waals surface area contributed by atoms with Crippen molar-refractivity contribution in [2.75, 3.05) is 5.32 Å². The number of imidazole rings is 1. The largest absolute Gasteiger partial charge is 0.324 e. The van der Waals surface area contributed by atoms with Crippen LogP contribution in [0.25, 0.3) is 11.0 Å². The molecule has 0 unspecified atom stereocenters. The minimum absolute atomic E-state index is 0.0666. The first-order valence-corrected chi connectivity index (χ1v) is 8.01. The van der Waals surface area contributed by atoms with Crippen LogP contribution in [0.3, 0.4) is 0 Å². The second kappa shape index (κ2) is 6.60. The van der Waals surface area contributed by atoms with Gasteiger partial charge in [-0.2, -0.15) is 0 Å². The Hall–Kier alpha value is -3.80. The number of nitrogens with one attached hydrogen (secondary N) is 2. The molecule has 0 bridgehead atoms. The Morgan fingerprint density at radius 2 is 1.69 bits per heavy atom. The van der Waals surface area contributed by atoms with Crippen LogP contribution in [0.1, 0.15) is 26.3 Å². The van der Waals surface area contributed by atoms with Crippen LogP contribution < -0.4 is 5.32 Å². The molecule has 0 aliphatic carbocycles. The summed E-state index contributed by atoms with van der Waals surface area (Å²) in [6.45, 7) is 0. The van der Waals surface area contributed by atoms with Crippen LogP contribution in [0, 0.1) is 0 Å². The third kappa shape index (κ3) is 3.08. The molecule has 4 rings (SSSR count). The van der Waals surface area contributed by atoms with Crippen molar-refractivity contribution < 1.29 is 9.59 Å². The fraction of sp³-hybridized carbons (Fsp3) is 0.